The average Bonchev–Trinajstić information content (AvgIpc) is 3.54. The van der Waals surface area contributed by atoms with Gasteiger partial charge in [0.15, 0.2) is 6.29 Å². The van der Waals surface area contributed by atoms with Crippen LogP contribution in [0.25, 0.3) is 0 Å². The summed E-state index contributed by atoms with van der Waals surface area (Å²) in [4.78, 5) is 30.2. The van der Waals surface area contributed by atoms with Crippen LogP contribution in [0.2, 0.25) is 0 Å². The molecule has 12 heteroatoms. The number of hydrogen-bond acceptors (Lipinski definition) is 8. The van der Waals surface area contributed by atoms with E-state index in [1.54, 1.807) is 72.9 Å². The highest BCUT2D eigenvalue weighted by Gasteiger charge is 2.34. The number of amides is 2. The molecule has 44 heavy (non-hydrogen) atoms. The van der Waals surface area contributed by atoms with Crippen molar-refractivity contribution < 1.29 is 24.5 Å². The second-order valence-corrected chi connectivity index (χ2v) is 10.6. The number of nitrogens with zero attached hydrogens (tertiary/aromatic N) is 3. The molecular formula is C32H39N7O5. The van der Waals surface area contributed by atoms with Gasteiger partial charge in [0, 0.05) is 57.4 Å². The van der Waals surface area contributed by atoms with Crippen LogP contribution in [0, 0.1) is 0 Å². The Hall–Kier alpha value is -4.75. The lowest BCUT2D eigenvalue weighted by atomic mass is 9.99. The molecule has 2 aromatic heterocycles. The van der Waals surface area contributed by atoms with Crippen LogP contribution in [-0.4, -0.2) is 61.4 Å². The topological polar surface area (TPSA) is 154 Å². The Morgan fingerprint density at radius 1 is 0.977 bits per heavy atom. The third-order valence-electron chi connectivity index (χ3n) is 7.26. The van der Waals surface area contributed by atoms with Crippen LogP contribution in [0.3, 0.4) is 0 Å². The minimum atomic E-state index is -0.913. The van der Waals surface area contributed by atoms with Crippen LogP contribution in [0.4, 0.5) is 17.1 Å². The molecule has 12 nitrogen and oxygen atoms in total. The highest BCUT2D eigenvalue weighted by Crippen LogP contribution is 2.21. The van der Waals surface area contributed by atoms with Gasteiger partial charge in [-0.1, -0.05) is 31.9 Å². The zero-order valence-electron chi connectivity index (χ0n) is 25.1. The number of anilines is 3. The summed E-state index contributed by atoms with van der Waals surface area (Å²) in [5.74, 6) is -0.691. The van der Waals surface area contributed by atoms with Gasteiger partial charge < -0.3 is 45.4 Å². The lowest BCUT2D eigenvalue weighted by Crippen LogP contribution is -2.53. The average molecular weight is 602 g/mol. The molecule has 3 aromatic rings. The first-order chi connectivity index (χ1) is 21.0. The highest BCUT2D eigenvalue weighted by atomic mass is 16.6. The summed E-state index contributed by atoms with van der Waals surface area (Å²) in [6, 6.07) is 10.3. The van der Waals surface area contributed by atoms with Gasteiger partial charge in [0.05, 0.1) is 35.0 Å². The molecule has 3 heterocycles. The molecule has 0 aliphatic carbocycles. The summed E-state index contributed by atoms with van der Waals surface area (Å²) in [6.45, 7) is 13.5. The summed E-state index contributed by atoms with van der Waals surface area (Å²) in [6.07, 6.45) is 4.55. The monoisotopic (exact) mass is 601 g/mol. The van der Waals surface area contributed by atoms with Crippen LogP contribution < -0.4 is 21.3 Å². The molecule has 1 aliphatic heterocycles. The van der Waals surface area contributed by atoms with Gasteiger partial charge >= 0.3 is 0 Å². The van der Waals surface area contributed by atoms with Gasteiger partial charge in [-0.3, -0.25) is 14.6 Å². The molecule has 1 aromatic carbocycles. The smallest absolute Gasteiger partial charge is 0.272 e. The molecule has 0 saturated carbocycles. The van der Waals surface area contributed by atoms with E-state index in [9.17, 15) is 19.8 Å². The molecule has 0 radical (unpaired) electrons. The van der Waals surface area contributed by atoms with Crippen LogP contribution in [0.1, 0.15) is 39.9 Å². The fourth-order valence-electron chi connectivity index (χ4n) is 4.92. The number of ether oxygens (including phenoxy) is 1. The fourth-order valence-corrected chi connectivity index (χ4v) is 4.92. The number of hydrogen-bond donors (Lipinski definition) is 6. The molecule has 0 bridgehead atoms. The predicted octanol–water partition coefficient (Wildman–Crippen LogP) is 3.51. The van der Waals surface area contributed by atoms with Crippen LogP contribution in [0.5, 0.6) is 0 Å². The van der Waals surface area contributed by atoms with E-state index < -0.39 is 18.5 Å². The number of aliphatic imine (C=N–C) groups is 1. The van der Waals surface area contributed by atoms with E-state index in [0.717, 1.165) is 5.56 Å². The SMILES string of the molecule is C=C/N=C(\C=C)C(=C)Nc1cc(C(=O)Nc2cc(C(=O)Nc3ccc(CNC4CC(O)OC(C)C4O)cc3)n(C)c2)n(C)c1. The Kier molecular flexibility index (Phi) is 10.3. The Balaban J connectivity index is 1.34. The van der Waals surface area contributed by atoms with Crippen molar-refractivity contribution in [1.29, 1.82) is 0 Å². The largest absolute Gasteiger partial charge is 0.389 e. The Labute approximate surface area is 256 Å². The number of carbonyl (C=O) groups excluding carboxylic acids is 2. The van der Waals surface area contributed by atoms with Crippen LogP contribution in [0.15, 0.2) is 91.5 Å². The van der Waals surface area contributed by atoms with Gasteiger partial charge in [0.2, 0.25) is 0 Å². The number of carbonyl (C=O) groups is 2. The number of aromatic nitrogens is 2. The van der Waals surface area contributed by atoms with Crippen molar-refractivity contribution in [3.63, 3.8) is 0 Å². The van der Waals surface area contributed by atoms with E-state index in [-0.39, 0.29) is 17.9 Å². The lowest BCUT2D eigenvalue weighted by Gasteiger charge is -2.36. The maximum absolute atomic E-state index is 13.1. The van der Waals surface area contributed by atoms with Crippen molar-refractivity contribution in [2.45, 2.75) is 44.4 Å². The van der Waals surface area contributed by atoms with Crippen molar-refractivity contribution in [3.8, 4) is 0 Å². The van der Waals surface area contributed by atoms with Crippen molar-refractivity contribution in [2.24, 2.45) is 19.1 Å². The van der Waals surface area contributed by atoms with Crippen molar-refractivity contribution in [2.75, 3.05) is 16.0 Å². The molecular weight excluding hydrogens is 562 g/mol. The standard InChI is InChI=1S/C32H39N7O5/c1-7-25(33-8-2)19(3)35-23-13-27(38(5)17-23)32(43)37-24-14-28(39(6)18-24)31(42)36-22-11-9-21(10-12-22)16-34-26-15-29(40)44-20(4)30(26)41/h7-14,17-18,20,26,29-30,34-35,40-41H,1-3,15-16H2,4-6H3,(H,36,42)(H,37,43)/b33-25+. The minimum Gasteiger partial charge on any atom is -0.389 e. The molecule has 1 aliphatic rings. The highest BCUT2D eigenvalue weighted by molar-refractivity contribution is 6.10. The maximum Gasteiger partial charge on any atom is 0.272 e. The second kappa shape index (κ2) is 14.1. The van der Waals surface area contributed by atoms with Gasteiger partial charge in [-0.2, -0.15) is 0 Å². The fraction of sp³-hybridized carbons (Fsp3) is 0.281. The summed E-state index contributed by atoms with van der Waals surface area (Å²) in [5, 5.41) is 32.2. The summed E-state index contributed by atoms with van der Waals surface area (Å²) in [5.41, 5.74) is 4.44. The molecule has 1 saturated heterocycles. The quantitative estimate of drug-likeness (QED) is 0.174. The summed E-state index contributed by atoms with van der Waals surface area (Å²) in [7, 11) is 3.47. The number of aryl methyl sites for hydroxylation is 2. The Morgan fingerprint density at radius 3 is 2.11 bits per heavy atom. The van der Waals surface area contributed by atoms with E-state index >= 15 is 0 Å². The number of nitrogens with one attached hydrogen (secondary N) is 4. The second-order valence-electron chi connectivity index (χ2n) is 10.6. The first-order valence-corrected chi connectivity index (χ1v) is 14.1. The number of benzene rings is 1. The molecule has 1 fully saturated rings. The van der Waals surface area contributed by atoms with Crippen molar-refractivity contribution in [3.05, 3.63) is 103 Å². The maximum atomic E-state index is 13.1. The van der Waals surface area contributed by atoms with Crippen molar-refractivity contribution in [1.82, 2.24) is 14.5 Å². The van der Waals surface area contributed by atoms with E-state index in [1.165, 1.54) is 6.20 Å². The van der Waals surface area contributed by atoms with E-state index in [2.05, 4.69) is 46.0 Å². The summed E-state index contributed by atoms with van der Waals surface area (Å²) < 4.78 is 8.55. The van der Waals surface area contributed by atoms with Crippen LogP contribution >= 0.6 is 0 Å². The number of allylic oxidation sites excluding steroid dienone is 1. The molecule has 6 N–H and O–H groups in total. The molecule has 4 rings (SSSR count). The van der Waals surface area contributed by atoms with Gasteiger partial charge in [0.1, 0.15) is 11.4 Å². The summed E-state index contributed by atoms with van der Waals surface area (Å²) >= 11 is 0. The van der Waals surface area contributed by atoms with E-state index in [1.807, 2.05) is 12.1 Å². The number of aliphatic hydroxyl groups excluding tert-OH is 2. The van der Waals surface area contributed by atoms with Gasteiger partial charge in [0.25, 0.3) is 11.8 Å². The van der Waals surface area contributed by atoms with Gasteiger partial charge in [-0.25, -0.2) is 0 Å². The Bertz CT molecular complexity index is 1570. The molecule has 232 valence electrons. The van der Waals surface area contributed by atoms with Gasteiger partial charge in [-0.05, 0) is 42.8 Å². The van der Waals surface area contributed by atoms with Gasteiger partial charge in [-0.15, -0.1) is 0 Å². The third-order valence-corrected chi connectivity index (χ3v) is 7.26. The van der Waals surface area contributed by atoms with Crippen LogP contribution in [-0.2, 0) is 25.4 Å². The zero-order chi connectivity index (χ0) is 32.0. The predicted molar refractivity (Wildman–Crippen MR) is 172 cm³/mol. The first-order valence-electron chi connectivity index (χ1n) is 14.1. The van der Waals surface area contributed by atoms with E-state index in [0.29, 0.717) is 52.8 Å². The lowest BCUT2D eigenvalue weighted by molar-refractivity contribution is -0.202. The molecule has 2 amide bonds. The van der Waals surface area contributed by atoms with Crippen molar-refractivity contribution >= 4 is 34.6 Å². The minimum absolute atomic E-state index is 0.293. The first kappa shape index (κ1) is 32.2. The molecule has 0 spiro atoms. The third kappa shape index (κ3) is 7.79. The number of rotatable bonds is 12. The zero-order valence-corrected chi connectivity index (χ0v) is 25.1. The normalized spacial score (nSPS) is 20.1. The molecule has 4 unspecified atom stereocenters. The van der Waals surface area contributed by atoms with E-state index in [4.69, 9.17) is 4.74 Å². The number of aliphatic hydroxyl groups is 2. The Morgan fingerprint density at radius 2 is 1.55 bits per heavy atom. The molecule has 4 atom stereocenters.